The molecule has 4 N–H and O–H groups in total. The van der Waals surface area contributed by atoms with Crippen LogP contribution in [0.3, 0.4) is 0 Å². The molecule has 32 heavy (non-hydrogen) atoms. The summed E-state index contributed by atoms with van der Waals surface area (Å²) in [5.41, 5.74) is 7.17. The van der Waals surface area contributed by atoms with Crippen LogP contribution in [0.15, 0.2) is 64.9 Å². The molecule has 9 nitrogen and oxygen atoms in total. The number of carbonyl (C=O) groups is 2. The van der Waals surface area contributed by atoms with Gasteiger partial charge in [-0.15, -0.1) is 11.3 Å². The van der Waals surface area contributed by atoms with Crippen LogP contribution >= 0.6 is 11.3 Å². The SMILES string of the molecule is CN(C)S(=O)(=O)c1cccc(C(=O)N[Si@@H](CN)C(=O)Nc2nc(-c3ccccc3)cs2)c1. The summed E-state index contributed by atoms with van der Waals surface area (Å²) in [7, 11) is -3.49. The molecule has 2 aromatic carbocycles. The van der Waals surface area contributed by atoms with Crippen LogP contribution in [0.25, 0.3) is 11.3 Å². The molecule has 12 heteroatoms. The van der Waals surface area contributed by atoms with Gasteiger partial charge in [0, 0.05) is 36.8 Å². The van der Waals surface area contributed by atoms with Crippen molar-refractivity contribution in [2.24, 2.45) is 5.73 Å². The van der Waals surface area contributed by atoms with Gasteiger partial charge in [-0.1, -0.05) is 36.4 Å². The summed E-state index contributed by atoms with van der Waals surface area (Å²) in [6.45, 7) is 0. The van der Waals surface area contributed by atoms with Crippen LogP contribution in [0.1, 0.15) is 10.4 Å². The molecule has 0 radical (unpaired) electrons. The fourth-order valence-corrected chi connectivity index (χ4v) is 5.78. The summed E-state index contributed by atoms with van der Waals surface area (Å²) in [5, 5.41) is 4.97. The van der Waals surface area contributed by atoms with Crippen LogP contribution in [0.5, 0.6) is 0 Å². The van der Waals surface area contributed by atoms with Gasteiger partial charge in [0.05, 0.1) is 10.6 Å². The highest BCUT2D eigenvalue weighted by Crippen LogP contribution is 2.24. The zero-order valence-electron chi connectivity index (χ0n) is 17.5. The summed E-state index contributed by atoms with van der Waals surface area (Å²) in [6.07, 6.45) is -0.00974. The number of aromatic nitrogens is 1. The van der Waals surface area contributed by atoms with Crippen molar-refractivity contribution < 1.29 is 18.0 Å². The highest BCUT2D eigenvalue weighted by atomic mass is 32.2. The summed E-state index contributed by atoms with van der Waals surface area (Å²) >= 11 is 1.28. The van der Waals surface area contributed by atoms with Gasteiger partial charge in [-0.2, -0.15) is 0 Å². The minimum atomic E-state index is -3.69. The van der Waals surface area contributed by atoms with Gasteiger partial charge in [-0.25, -0.2) is 17.7 Å². The number of amides is 2. The number of rotatable bonds is 8. The average molecular weight is 490 g/mol. The van der Waals surface area contributed by atoms with Crippen LogP contribution in [0, 0.1) is 0 Å². The van der Waals surface area contributed by atoms with Crippen LogP contribution in [-0.4, -0.2) is 58.4 Å². The lowest BCUT2D eigenvalue weighted by Crippen LogP contribution is -2.52. The zero-order valence-corrected chi connectivity index (χ0v) is 20.3. The minimum absolute atomic E-state index is 0.00974. The highest BCUT2D eigenvalue weighted by molar-refractivity contribution is 7.89. The number of sulfonamides is 1. The first kappa shape index (κ1) is 23.8. The molecule has 3 rings (SSSR count). The Morgan fingerprint density at radius 1 is 1.12 bits per heavy atom. The monoisotopic (exact) mass is 489 g/mol. The Bertz CT molecular complexity index is 1220. The third-order valence-corrected chi connectivity index (χ3v) is 8.96. The van der Waals surface area contributed by atoms with Crippen LogP contribution < -0.4 is 16.0 Å². The molecule has 1 atom stereocenters. The summed E-state index contributed by atoms with van der Waals surface area (Å²) < 4.78 is 25.7. The van der Waals surface area contributed by atoms with E-state index in [0.717, 1.165) is 15.6 Å². The van der Waals surface area contributed by atoms with Crippen LogP contribution in [0.2, 0.25) is 0 Å². The number of anilines is 1. The van der Waals surface area contributed by atoms with Crippen molar-refractivity contribution in [3.05, 3.63) is 65.5 Å². The van der Waals surface area contributed by atoms with E-state index in [1.54, 1.807) is 0 Å². The Morgan fingerprint density at radius 3 is 2.50 bits per heavy atom. The molecule has 0 aliphatic heterocycles. The number of nitrogens with one attached hydrogen (secondary N) is 2. The molecule has 1 aromatic heterocycles. The largest absolute Gasteiger partial charge is 0.371 e. The lowest BCUT2D eigenvalue weighted by molar-refractivity contribution is 0.0978. The maximum atomic E-state index is 12.7. The molecule has 2 amide bonds. The van der Waals surface area contributed by atoms with Gasteiger partial charge in [0.25, 0.3) is 8.96 Å². The zero-order chi connectivity index (χ0) is 23.3. The van der Waals surface area contributed by atoms with Crippen molar-refractivity contribution in [2.75, 3.05) is 25.6 Å². The number of hydrogen-bond acceptors (Lipinski definition) is 7. The molecule has 3 aromatic rings. The molecule has 0 fully saturated rings. The van der Waals surface area contributed by atoms with Gasteiger partial charge in [-0.3, -0.25) is 9.59 Å². The van der Waals surface area contributed by atoms with Crippen molar-refractivity contribution in [3.63, 3.8) is 0 Å². The number of nitrogens with two attached hydrogens (primary N) is 1. The highest BCUT2D eigenvalue weighted by Gasteiger charge is 2.25. The number of hydrogen-bond donors (Lipinski definition) is 3. The summed E-state index contributed by atoms with van der Waals surface area (Å²) in [6, 6.07) is 15.2. The van der Waals surface area contributed by atoms with E-state index in [4.69, 9.17) is 5.73 Å². The van der Waals surface area contributed by atoms with Crippen LogP contribution in [0.4, 0.5) is 9.93 Å². The average Bonchev–Trinajstić information content (AvgIpc) is 3.26. The van der Waals surface area contributed by atoms with Crippen molar-refractivity contribution >= 4 is 46.9 Å². The number of benzene rings is 2. The Labute approximate surface area is 192 Å². The molecule has 168 valence electrons. The minimum Gasteiger partial charge on any atom is -0.371 e. The normalized spacial score (nSPS) is 12.4. The third kappa shape index (κ3) is 5.47. The van der Waals surface area contributed by atoms with E-state index >= 15 is 0 Å². The van der Waals surface area contributed by atoms with Crippen molar-refractivity contribution in [1.29, 1.82) is 0 Å². The molecule has 0 unspecified atom stereocenters. The Kier molecular flexibility index (Phi) is 7.53. The van der Waals surface area contributed by atoms with Gasteiger partial charge >= 0.3 is 0 Å². The summed E-state index contributed by atoms with van der Waals surface area (Å²) in [4.78, 5) is 32.4. The number of thiazole rings is 1. The van der Waals surface area contributed by atoms with Gasteiger partial charge in [0.2, 0.25) is 21.5 Å². The lowest BCUT2D eigenvalue weighted by Gasteiger charge is -2.15. The Balaban J connectivity index is 1.69. The van der Waals surface area contributed by atoms with E-state index in [1.807, 2.05) is 35.7 Å². The van der Waals surface area contributed by atoms with Crippen molar-refractivity contribution in [2.45, 2.75) is 4.90 Å². The standard InChI is InChI=1S/C20H23N5O4S2Si/c1-25(2)31(28,29)16-10-6-9-15(11-16)18(26)24-32(13-21)20(27)23-19-22-17(12-30-19)14-7-4-3-5-8-14/h3-12,32H,13,21H2,1-2H3,(H,24,26)(H,22,23,27)/t32-/m0/s1. The maximum absolute atomic E-state index is 12.7. The van der Waals surface area contributed by atoms with Gasteiger partial charge < -0.3 is 16.0 Å². The molecule has 0 saturated heterocycles. The maximum Gasteiger partial charge on any atom is 0.257 e. The second-order valence-corrected chi connectivity index (χ2v) is 12.4. The molecule has 0 bridgehead atoms. The van der Waals surface area contributed by atoms with E-state index in [9.17, 15) is 18.0 Å². The second-order valence-electron chi connectivity index (χ2n) is 6.97. The van der Waals surface area contributed by atoms with Crippen LogP contribution in [-0.2, 0) is 10.0 Å². The number of nitrogens with zero attached hydrogens (tertiary/aromatic N) is 2. The smallest absolute Gasteiger partial charge is 0.257 e. The molecule has 0 aliphatic carbocycles. The van der Waals surface area contributed by atoms with E-state index < -0.39 is 24.9 Å². The van der Waals surface area contributed by atoms with Gasteiger partial charge in [0.15, 0.2) is 5.13 Å². The van der Waals surface area contributed by atoms with E-state index in [0.29, 0.717) is 5.13 Å². The van der Waals surface area contributed by atoms with Crippen molar-refractivity contribution in [3.8, 4) is 11.3 Å². The predicted octanol–water partition coefficient (Wildman–Crippen LogP) is 1.83. The molecule has 0 saturated carbocycles. The first-order valence-corrected chi connectivity index (χ1v) is 13.9. The third-order valence-electron chi connectivity index (χ3n) is 4.54. The Morgan fingerprint density at radius 2 is 1.84 bits per heavy atom. The quantitative estimate of drug-likeness (QED) is 0.413. The second kappa shape index (κ2) is 10.1. The first-order chi connectivity index (χ1) is 15.2. The summed E-state index contributed by atoms with van der Waals surface area (Å²) in [5.74, 6) is -0.554. The molecule has 0 spiro atoms. The predicted molar refractivity (Wildman–Crippen MR) is 128 cm³/mol. The van der Waals surface area contributed by atoms with E-state index in [1.165, 1.54) is 49.7 Å². The topological polar surface area (TPSA) is 134 Å². The molecular weight excluding hydrogens is 466 g/mol. The molecular formula is C20H23N5O4S2Si. The Hall–Kier alpha value is -2.90. The van der Waals surface area contributed by atoms with Gasteiger partial charge in [-0.05, 0) is 18.2 Å². The number of carbonyl (C=O) groups excluding carboxylic acids is 2. The molecule has 0 aliphatic rings. The fraction of sp³-hybridized carbons (Fsp3) is 0.150. The van der Waals surface area contributed by atoms with E-state index in [2.05, 4.69) is 15.3 Å². The van der Waals surface area contributed by atoms with Gasteiger partial charge in [0.1, 0.15) is 0 Å². The van der Waals surface area contributed by atoms with E-state index in [-0.39, 0.29) is 22.2 Å². The fourth-order valence-electron chi connectivity index (χ4n) is 2.75. The first-order valence-electron chi connectivity index (χ1n) is 9.57. The van der Waals surface area contributed by atoms with Crippen molar-refractivity contribution in [1.82, 2.24) is 14.3 Å². The lowest BCUT2D eigenvalue weighted by atomic mass is 10.2. The molecule has 1 heterocycles.